The standard InChI is InChI=1S/C18H33N5/c1-21(12-15-6-4-8-19-10-15)13-16-7-5-9-22(2)18(16)17-11-20-23(3)14-17/h11,14-16,18-19H,4-10,12-13H2,1-3H3/t15?,16-,18+/m0/s1. The third-order valence-electron chi connectivity index (χ3n) is 5.59. The number of nitrogens with one attached hydrogen (secondary N) is 1. The lowest BCUT2D eigenvalue weighted by Crippen LogP contribution is -2.43. The highest BCUT2D eigenvalue weighted by Gasteiger charge is 2.32. The fraction of sp³-hybridized carbons (Fsp3) is 0.833. The van der Waals surface area contributed by atoms with E-state index in [4.69, 9.17) is 0 Å². The van der Waals surface area contributed by atoms with Crippen molar-refractivity contribution in [2.45, 2.75) is 31.7 Å². The highest BCUT2D eigenvalue weighted by atomic mass is 15.3. The fourth-order valence-electron chi connectivity index (χ4n) is 4.57. The SMILES string of the molecule is CN(CC1CCCNC1)C[C@@H]1CCCN(C)[C@H]1c1cnn(C)c1. The Morgan fingerprint density at radius 3 is 2.83 bits per heavy atom. The molecular formula is C18H33N5. The summed E-state index contributed by atoms with van der Waals surface area (Å²) in [5, 5.41) is 7.94. The molecule has 0 saturated carbocycles. The van der Waals surface area contributed by atoms with E-state index < -0.39 is 0 Å². The number of likely N-dealkylation sites (tertiary alicyclic amines) is 1. The van der Waals surface area contributed by atoms with Crippen molar-refractivity contribution < 1.29 is 0 Å². The number of nitrogens with zero attached hydrogens (tertiary/aromatic N) is 4. The molecule has 2 aliphatic rings. The first kappa shape index (κ1) is 16.9. The molecule has 3 rings (SSSR count). The predicted octanol–water partition coefficient (Wildman–Crippen LogP) is 1.73. The third-order valence-corrected chi connectivity index (χ3v) is 5.59. The van der Waals surface area contributed by atoms with Gasteiger partial charge in [0, 0.05) is 37.9 Å². The van der Waals surface area contributed by atoms with Crippen LogP contribution in [0.2, 0.25) is 0 Å². The second-order valence-corrected chi connectivity index (χ2v) is 7.71. The number of aryl methyl sites for hydroxylation is 1. The summed E-state index contributed by atoms with van der Waals surface area (Å²) in [7, 11) is 6.60. The van der Waals surface area contributed by atoms with Crippen LogP contribution in [0.3, 0.4) is 0 Å². The van der Waals surface area contributed by atoms with Crippen LogP contribution >= 0.6 is 0 Å². The van der Waals surface area contributed by atoms with Crippen molar-refractivity contribution in [2.75, 3.05) is 46.8 Å². The van der Waals surface area contributed by atoms with Crippen molar-refractivity contribution in [3.63, 3.8) is 0 Å². The molecule has 1 aromatic heterocycles. The molecule has 130 valence electrons. The van der Waals surface area contributed by atoms with E-state index in [1.165, 1.54) is 64.0 Å². The quantitative estimate of drug-likeness (QED) is 0.897. The monoisotopic (exact) mass is 319 g/mol. The van der Waals surface area contributed by atoms with E-state index in [1.807, 2.05) is 11.7 Å². The maximum atomic E-state index is 4.40. The first-order valence-electron chi connectivity index (χ1n) is 9.21. The Labute approximate surface area is 141 Å². The van der Waals surface area contributed by atoms with Gasteiger partial charge in [-0.25, -0.2) is 0 Å². The second-order valence-electron chi connectivity index (χ2n) is 7.71. The number of hydrogen-bond acceptors (Lipinski definition) is 4. The Balaban J connectivity index is 1.61. The first-order chi connectivity index (χ1) is 11.1. The van der Waals surface area contributed by atoms with Gasteiger partial charge in [0.1, 0.15) is 0 Å². The molecule has 0 spiro atoms. The number of rotatable bonds is 5. The Morgan fingerprint density at radius 1 is 1.26 bits per heavy atom. The largest absolute Gasteiger partial charge is 0.316 e. The molecule has 23 heavy (non-hydrogen) atoms. The van der Waals surface area contributed by atoms with Gasteiger partial charge >= 0.3 is 0 Å². The third kappa shape index (κ3) is 4.34. The molecule has 2 saturated heterocycles. The normalized spacial score (nSPS) is 30.0. The van der Waals surface area contributed by atoms with Crippen LogP contribution in [0.4, 0.5) is 0 Å². The average Bonchev–Trinajstić information content (AvgIpc) is 2.94. The molecule has 0 aromatic carbocycles. The maximum Gasteiger partial charge on any atom is 0.0537 e. The zero-order chi connectivity index (χ0) is 16.2. The topological polar surface area (TPSA) is 36.3 Å². The van der Waals surface area contributed by atoms with Crippen LogP contribution in [-0.4, -0.2) is 66.4 Å². The van der Waals surface area contributed by atoms with Crippen LogP contribution in [0.1, 0.15) is 37.3 Å². The van der Waals surface area contributed by atoms with E-state index in [0.29, 0.717) is 12.0 Å². The molecule has 3 atom stereocenters. The van der Waals surface area contributed by atoms with Crippen LogP contribution in [0.15, 0.2) is 12.4 Å². The van der Waals surface area contributed by atoms with Crippen LogP contribution < -0.4 is 5.32 Å². The van der Waals surface area contributed by atoms with Gasteiger partial charge in [-0.3, -0.25) is 9.58 Å². The minimum Gasteiger partial charge on any atom is -0.316 e. The zero-order valence-electron chi connectivity index (χ0n) is 15.0. The van der Waals surface area contributed by atoms with Gasteiger partial charge in [-0.15, -0.1) is 0 Å². The molecule has 5 nitrogen and oxygen atoms in total. The van der Waals surface area contributed by atoms with Crippen molar-refractivity contribution >= 4 is 0 Å². The van der Waals surface area contributed by atoms with Crippen LogP contribution in [0.5, 0.6) is 0 Å². The van der Waals surface area contributed by atoms with Crippen molar-refractivity contribution in [1.29, 1.82) is 0 Å². The van der Waals surface area contributed by atoms with Crippen molar-refractivity contribution in [3.05, 3.63) is 18.0 Å². The van der Waals surface area contributed by atoms with Gasteiger partial charge < -0.3 is 10.2 Å². The summed E-state index contributed by atoms with van der Waals surface area (Å²) in [4.78, 5) is 5.10. The molecule has 0 radical (unpaired) electrons. The van der Waals surface area contributed by atoms with Gasteiger partial charge in [0.25, 0.3) is 0 Å². The summed E-state index contributed by atoms with van der Waals surface area (Å²) < 4.78 is 1.94. The first-order valence-corrected chi connectivity index (χ1v) is 9.21. The molecule has 2 fully saturated rings. The zero-order valence-corrected chi connectivity index (χ0v) is 15.0. The van der Waals surface area contributed by atoms with Gasteiger partial charge in [0.05, 0.1) is 6.20 Å². The summed E-state index contributed by atoms with van der Waals surface area (Å²) in [6.45, 7) is 6.03. The van der Waals surface area contributed by atoms with Crippen molar-refractivity contribution in [1.82, 2.24) is 24.9 Å². The Hall–Kier alpha value is -0.910. The molecule has 3 heterocycles. The molecule has 0 bridgehead atoms. The fourth-order valence-corrected chi connectivity index (χ4v) is 4.57. The number of aromatic nitrogens is 2. The molecule has 1 N–H and O–H groups in total. The lowest BCUT2D eigenvalue weighted by atomic mass is 9.85. The molecular weight excluding hydrogens is 286 g/mol. The minimum absolute atomic E-state index is 0.518. The summed E-state index contributed by atoms with van der Waals surface area (Å²) in [5.74, 6) is 1.53. The highest BCUT2D eigenvalue weighted by molar-refractivity contribution is 5.13. The number of hydrogen-bond donors (Lipinski definition) is 1. The van der Waals surface area contributed by atoms with E-state index >= 15 is 0 Å². The summed E-state index contributed by atoms with van der Waals surface area (Å²) in [6, 6.07) is 0.518. The lowest BCUT2D eigenvalue weighted by Gasteiger charge is -2.41. The van der Waals surface area contributed by atoms with E-state index in [0.717, 1.165) is 5.92 Å². The Kier molecular flexibility index (Phi) is 5.72. The Morgan fingerprint density at radius 2 is 2.13 bits per heavy atom. The molecule has 5 heteroatoms. The van der Waals surface area contributed by atoms with E-state index in [2.05, 4.69) is 46.7 Å². The molecule has 2 aliphatic heterocycles. The molecule has 0 amide bonds. The summed E-state index contributed by atoms with van der Waals surface area (Å²) in [6.07, 6.45) is 9.62. The van der Waals surface area contributed by atoms with Gasteiger partial charge in [-0.2, -0.15) is 5.10 Å². The van der Waals surface area contributed by atoms with E-state index in [1.54, 1.807) is 0 Å². The predicted molar refractivity (Wildman–Crippen MR) is 94.4 cm³/mol. The second kappa shape index (κ2) is 7.77. The minimum atomic E-state index is 0.518. The summed E-state index contributed by atoms with van der Waals surface area (Å²) >= 11 is 0. The molecule has 1 unspecified atom stereocenters. The molecule has 1 aromatic rings. The van der Waals surface area contributed by atoms with Gasteiger partial charge in [0.2, 0.25) is 0 Å². The Bertz CT molecular complexity index is 480. The van der Waals surface area contributed by atoms with Crippen molar-refractivity contribution in [3.8, 4) is 0 Å². The van der Waals surface area contributed by atoms with E-state index in [-0.39, 0.29) is 0 Å². The average molecular weight is 319 g/mol. The van der Waals surface area contributed by atoms with Gasteiger partial charge in [-0.05, 0) is 71.2 Å². The van der Waals surface area contributed by atoms with Crippen LogP contribution in [0.25, 0.3) is 0 Å². The van der Waals surface area contributed by atoms with Crippen molar-refractivity contribution in [2.24, 2.45) is 18.9 Å². The molecule has 0 aliphatic carbocycles. The van der Waals surface area contributed by atoms with Gasteiger partial charge in [0.15, 0.2) is 0 Å². The van der Waals surface area contributed by atoms with Gasteiger partial charge in [-0.1, -0.05) is 0 Å². The smallest absolute Gasteiger partial charge is 0.0537 e. The van der Waals surface area contributed by atoms with E-state index in [9.17, 15) is 0 Å². The lowest BCUT2D eigenvalue weighted by molar-refractivity contribution is 0.0882. The van der Waals surface area contributed by atoms with Crippen LogP contribution in [0, 0.1) is 11.8 Å². The number of piperidine rings is 2. The highest BCUT2D eigenvalue weighted by Crippen LogP contribution is 2.35. The van der Waals surface area contributed by atoms with Crippen LogP contribution in [-0.2, 0) is 7.05 Å². The summed E-state index contributed by atoms with van der Waals surface area (Å²) in [5.41, 5.74) is 1.38. The maximum absolute atomic E-state index is 4.40.